The lowest BCUT2D eigenvalue weighted by molar-refractivity contribution is 0.145. The molecule has 0 bridgehead atoms. The standard InChI is InChI=1S/C17H29N3O.HI/c1-4-21-12-8-11-19-16(18)20-14-17(2,3)13-15-9-6-5-7-10-15;/h5-7,9-10H,4,8,11-14H2,1-3H3,(H3,18,19,20);1H. The monoisotopic (exact) mass is 419 g/mol. The largest absolute Gasteiger partial charge is 0.382 e. The molecule has 0 radical (unpaired) electrons. The molecule has 0 saturated carbocycles. The first-order valence-electron chi connectivity index (χ1n) is 7.69. The number of rotatable bonds is 9. The molecule has 1 aromatic carbocycles. The number of ether oxygens (including phenoxy) is 1. The van der Waals surface area contributed by atoms with Crippen molar-refractivity contribution in [3.8, 4) is 0 Å². The fourth-order valence-corrected chi connectivity index (χ4v) is 2.09. The third-order valence-electron chi connectivity index (χ3n) is 3.18. The molecule has 0 fully saturated rings. The molecule has 0 aliphatic carbocycles. The van der Waals surface area contributed by atoms with Crippen molar-refractivity contribution in [2.45, 2.75) is 33.6 Å². The van der Waals surface area contributed by atoms with Crippen LogP contribution >= 0.6 is 24.0 Å². The van der Waals surface area contributed by atoms with E-state index in [-0.39, 0.29) is 29.4 Å². The van der Waals surface area contributed by atoms with Gasteiger partial charge in [0.2, 0.25) is 0 Å². The molecule has 3 N–H and O–H groups in total. The van der Waals surface area contributed by atoms with Crippen LogP contribution in [0.25, 0.3) is 0 Å². The fraction of sp³-hybridized carbons (Fsp3) is 0.588. The van der Waals surface area contributed by atoms with E-state index in [4.69, 9.17) is 10.5 Å². The maximum absolute atomic E-state index is 5.89. The molecule has 0 saturated heterocycles. The van der Waals surface area contributed by atoms with Gasteiger partial charge in [-0.3, -0.25) is 4.99 Å². The summed E-state index contributed by atoms with van der Waals surface area (Å²) in [5.74, 6) is 0.521. The number of nitrogens with one attached hydrogen (secondary N) is 1. The molecule has 0 amide bonds. The van der Waals surface area contributed by atoms with E-state index >= 15 is 0 Å². The van der Waals surface area contributed by atoms with E-state index in [0.717, 1.165) is 32.6 Å². The average molecular weight is 419 g/mol. The first-order valence-corrected chi connectivity index (χ1v) is 7.69. The second-order valence-electron chi connectivity index (χ2n) is 6.01. The van der Waals surface area contributed by atoms with E-state index in [1.807, 2.05) is 13.0 Å². The summed E-state index contributed by atoms with van der Waals surface area (Å²) in [5, 5.41) is 3.13. The zero-order valence-corrected chi connectivity index (χ0v) is 16.3. The lowest BCUT2D eigenvalue weighted by Gasteiger charge is -2.22. The van der Waals surface area contributed by atoms with Gasteiger partial charge in [0.1, 0.15) is 0 Å². The molecular weight excluding hydrogens is 389 g/mol. The first-order chi connectivity index (χ1) is 10.0. The van der Waals surface area contributed by atoms with Gasteiger partial charge in [0, 0.05) is 26.3 Å². The molecular formula is C17H30IN3O. The number of aliphatic imine (C=N–C) groups is 1. The van der Waals surface area contributed by atoms with Gasteiger partial charge >= 0.3 is 0 Å². The van der Waals surface area contributed by atoms with Gasteiger partial charge in [0.25, 0.3) is 0 Å². The van der Waals surface area contributed by atoms with Gasteiger partial charge in [0.05, 0.1) is 0 Å². The molecule has 22 heavy (non-hydrogen) atoms. The maximum atomic E-state index is 5.89. The molecule has 0 atom stereocenters. The normalized spacial score (nSPS) is 11.9. The molecule has 0 spiro atoms. The highest BCUT2D eigenvalue weighted by molar-refractivity contribution is 14.0. The minimum atomic E-state index is 0. The quantitative estimate of drug-likeness (QED) is 0.280. The smallest absolute Gasteiger partial charge is 0.188 e. The summed E-state index contributed by atoms with van der Waals surface area (Å²) in [4.78, 5) is 4.45. The van der Waals surface area contributed by atoms with E-state index in [2.05, 4.69) is 48.4 Å². The highest BCUT2D eigenvalue weighted by atomic mass is 127. The molecule has 0 aliphatic rings. The van der Waals surface area contributed by atoms with Crippen LogP contribution < -0.4 is 11.1 Å². The molecule has 126 valence electrons. The number of hydrogen-bond donors (Lipinski definition) is 2. The van der Waals surface area contributed by atoms with Gasteiger partial charge in [0.15, 0.2) is 5.96 Å². The molecule has 4 nitrogen and oxygen atoms in total. The zero-order chi connectivity index (χ0) is 15.6. The van der Waals surface area contributed by atoms with Gasteiger partial charge in [-0.05, 0) is 30.7 Å². The summed E-state index contributed by atoms with van der Waals surface area (Å²) in [7, 11) is 0. The minimum Gasteiger partial charge on any atom is -0.382 e. The van der Waals surface area contributed by atoms with Gasteiger partial charge in [-0.2, -0.15) is 0 Å². The van der Waals surface area contributed by atoms with E-state index < -0.39 is 0 Å². The van der Waals surface area contributed by atoms with Crippen molar-refractivity contribution < 1.29 is 4.74 Å². The van der Waals surface area contributed by atoms with Crippen LogP contribution in [0, 0.1) is 5.41 Å². The van der Waals surface area contributed by atoms with Crippen LogP contribution in [0.5, 0.6) is 0 Å². The van der Waals surface area contributed by atoms with Crippen molar-refractivity contribution in [3.05, 3.63) is 35.9 Å². The Bertz CT molecular complexity index is 421. The van der Waals surface area contributed by atoms with Gasteiger partial charge in [-0.25, -0.2) is 0 Å². The Morgan fingerprint density at radius 2 is 1.95 bits per heavy atom. The Balaban J connectivity index is 0.00000441. The van der Waals surface area contributed by atoms with Crippen LogP contribution in [0.2, 0.25) is 0 Å². The fourth-order valence-electron chi connectivity index (χ4n) is 2.09. The number of nitrogens with zero attached hydrogens (tertiary/aromatic N) is 1. The zero-order valence-electron chi connectivity index (χ0n) is 14.0. The van der Waals surface area contributed by atoms with Crippen molar-refractivity contribution >= 4 is 29.9 Å². The van der Waals surface area contributed by atoms with Gasteiger partial charge < -0.3 is 15.8 Å². The summed E-state index contributed by atoms with van der Waals surface area (Å²) in [5.41, 5.74) is 7.32. The Labute approximate surface area is 151 Å². The van der Waals surface area contributed by atoms with Crippen molar-refractivity contribution in [1.82, 2.24) is 5.32 Å². The molecule has 5 heteroatoms. The topological polar surface area (TPSA) is 59.6 Å². The van der Waals surface area contributed by atoms with Crippen LogP contribution in [0.3, 0.4) is 0 Å². The van der Waals surface area contributed by atoms with Crippen molar-refractivity contribution in [2.75, 3.05) is 26.3 Å². The van der Waals surface area contributed by atoms with Gasteiger partial charge in [-0.1, -0.05) is 44.2 Å². The number of hydrogen-bond acceptors (Lipinski definition) is 2. The third kappa shape index (κ3) is 10.00. The van der Waals surface area contributed by atoms with Crippen LogP contribution in [0.1, 0.15) is 32.8 Å². The highest BCUT2D eigenvalue weighted by Gasteiger charge is 2.18. The van der Waals surface area contributed by atoms with Crippen LogP contribution in [-0.4, -0.2) is 32.3 Å². The number of guanidine groups is 1. The summed E-state index contributed by atoms with van der Waals surface area (Å²) in [6, 6.07) is 10.5. The summed E-state index contributed by atoms with van der Waals surface area (Å²) in [6.07, 6.45) is 1.94. The number of nitrogens with two attached hydrogens (primary N) is 1. The Morgan fingerprint density at radius 1 is 1.27 bits per heavy atom. The molecule has 0 aliphatic heterocycles. The Kier molecular flexibility index (Phi) is 11.3. The molecule has 0 heterocycles. The first kappa shape index (κ1) is 21.2. The van der Waals surface area contributed by atoms with Crippen molar-refractivity contribution in [2.24, 2.45) is 16.1 Å². The third-order valence-corrected chi connectivity index (χ3v) is 3.18. The summed E-state index contributed by atoms with van der Waals surface area (Å²) in [6.45, 7) is 9.46. The number of benzene rings is 1. The lowest BCUT2D eigenvalue weighted by Crippen LogP contribution is -2.34. The van der Waals surface area contributed by atoms with Crippen LogP contribution in [0.4, 0.5) is 0 Å². The van der Waals surface area contributed by atoms with E-state index in [1.165, 1.54) is 5.56 Å². The minimum absolute atomic E-state index is 0. The van der Waals surface area contributed by atoms with Crippen molar-refractivity contribution in [3.63, 3.8) is 0 Å². The van der Waals surface area contributed by atoms with E-state index in [1.54, 1.807) is 0 Å². The second-order valence-corrected chi connectivity index (χ2v) is 6.01. The SMILES string of the molecule is CCOCCCNC(N)=NCC(C)(C)Cc1ccccc1.I. The van der Waals surface area contributed by atoms with E-state index in [9.17, 15) is 0 Å². The maximum Gasteiger partial charge on any atom is 0.188 e. The lowest BCUT2D eigenvalue weighted by atomic mass is 9.86. The molecule has 1 rings (SSSR count). The molecule has 1 aromatic rings. The predicted molar refractivity (Wildman–Crippen MR) is 105 cm³/mol. The van der Waals surface area contributed by atoms with E-state index in [0.29, 0.717) is 12.5 Å². The predicted octanol–water partition coefficient (Wildman–Crippen LogP) is 3.20. The Hall–Kier alpha value is -0.820. The average Bonchev–Trinajstić information content (AvgIpc) is 2.46. The molecule has 0 aromatic heterocycles. The Morgan fingerprint density at radius 3 is 2.59 bits per heavy atom. The summed E-state index contributed by atoms with van der Waals surface area (Å²) < 4.78 is 5.28. The highest BCUT2D eigenvalue weighted by Crippen LogP contribution is 2.21. The summed E-state index contributed by atoms with van der Waals surface area (Å²) >= 11 is 0. The second kappa shape index (κ2) is 11.7. The van der Waals surface area contributed by atoms with Crippen LogP contribution in [-0.2, 0) is 11.2 Å². The van der Waals surface area contributed by atoms with Crippen LogP contribution in [0.15, 0.2) is 35.3 Å². The van der Waals surface area contributed by atoms with Gasteiger partial charge in [-0.15, -0.1) is 24.0 Å². The molecule has 0 unspecified atom stereocenters. The number of halogens is 1. The van der Waals surface area contributed by atoms with Crippen molar-refractivity contribution in [1.29, 1.82) is 0 Å².